The number of nitrogens with zero attached hydrogens (tertiary/aromatic N) is 1. The van der Waals surface area contributed by atoms with E-state index in [9.17, 15) is 19.5 Å². The number of carboxylic acids is 1. The molecule has 8 nitrogen and oxygen atoms in total. The van der Waals surface area contributed by atoms with Crippen molar-refractivity contribution in [3.8, 4) is 0 Å². The second-order valence-electron chi connectivity index (χ2n) is 19.8. The summed E-state index contributed by atoms with van der Waals surface area (Å²) in [6, 6.07) is -0.626. The Morgan fingerprint density at radius 1 is 0.441 bits per heavy atom. The average molecular weight is 954 g/mol. The second-order valence-corrected chi connectivity index (χ2v) is 19.8. The van der Waals surface area contributed by atoms with E-state index in [0.29, 0.717) is 25.7 Å². The molecule has 0 saturated carbocycles. The molecule has 0 aliphatic carbocycles. The van der Waals surface area contributed by atoms with Gasteiger partial charge in [0.25, 0.3) is 0 Å². The number of allylic oxidation sites excluding steroid dienone is 12. The van der Waals surface area contributed by atoms with Crippen LogP contribution in [0.25, 0.3) is 0 Å². The lowest BCUT2D eigenvalue weighted by Gasteiger charge is -2.31. The standard InChI is InChI=1S/C60H105NO7/c1-6-8-10-12-14-16-18-20-22-24-26-28-29-31-33-35-37-39-41-43-45-47-49-51-59(63)68-56(54-66-53-52-57(60(64)65)61(3,4)5)55-67-58(62)50-48-46-44-42-40-38-36-34-32-30-27-25-23-21-19-17-15-13-11-9-7-2/h15,17,21,23,27,30-31,33-34,36,40,42,56-57H,6-14,16,18-20,22,24-26,28-29,32,35,37-39,41,43-55H2,1-5H3/p+1/b17-15+,23-21+,30-27+,33-31+,36-34+,42-40+. The molecule has 0 heterocycles. The molecule has 1 N–H and O–H groups in total. The van der Waals surface area contributed by atoms with Crippen LogP contribution in [0.1, 0.15) is 239 Å². The lowest BCUT2D eigenvalue weighted by atomic mass is 10.0. The summed E-state index contributed by atoms with van der Waals surface area (Å²) in [7, 11) is 5.52. The number of ether oxygens (including phenoxy) is 3. The van der Waals surface area contributed by atoms with E-state index in [1.54, 1.807) is 0 Å². The monoisotopic (exact) mass is 953 g/mol. The minimum absolute atomic E-state index is 0.0430. The van der Waals surface area contributed by atoms with Gasteiger partial charge in [0.1, 0.15) is 6.61 Å². The average Bonchev–Trinajstić information content (AvgIpc) is 3.30. The van der Waals surface area contributed by atoms with Gasteiger partial charge in [0.2, 0.25) is 0 Å². The van der Waals surface area contributed by atoms with Crippen LogP contribution in [0.5, 0.6) is 0 Å². The number of rotatable bonds is 50. The number of carbonyl (C=O) groups excluding carboxylic acids is 2. The maximum atomic E-state index is 12.8. The second kappa shape index (κ2) is 50.2. The predicted molar refractivity (Wildman–Crippen MR) is 289 cm³/mol. The Kier molecular flexibility index (Phi) is 47.8. The molecule has 68 heavy (non-hydrogen) atoms. The summed E-state index contributed by atoms with van der Waals surface area (Å²) in [6.45, 7) is 4.68. The summed E-state index contributed by atoms with van der Waals surface area (Å²) >= 11 is 0. The molecule has 0 saturated heterocycles. The van der Waals surface area contributed by atoms with Gasteiger partial charge in [0.05, 0.1) is 34.4 Å². The molecule has 0 amide bonds. The van der Waals surface area contributed by atoms with Gasteiger partial charge >= 0.3 is 17.9 Å². The fourth-order valence-corrected chi connectivity index (χ4v) is 7.99. The van der Waals surface area contributed by atoms with Crippen molar-refractivity contribution in [3.63, 3.8) is 0 Å². The van der Waals surface area contributed by atoms with E-state index in [1.165, 1.54) is 141 Å². The summed E-state index contributed by atoms with van der Waals surface area (Å²) in [4.78, 5) is 37.2. The SMILES string of the molecule is CCCCC/C=C/C/C=C/C/C=C/C/C=C/C/C=C/CCCCC(=O)OCC(COCCC(C(=O)O)[N+](C)(C)C)OC(=O)CCCCCCCCC/C=C/CCCCCCCCCCCCCC. The van der Waals surface area contributed by atoms with Crippen LogP contribution in [0.4, 0.5) is 0 Å². The summed E-state index contributed by atoms with van der Waals surface area (Å²) < 4.78 is 17.3. The van der Waals surface area contributed by atoms with Gasteiger partial charge < -0.3 is 23.8 Å². The predicted octanol–water partition coefficient (Wildman–Crippen LogP) is 16.6. The minimum Gasteiger partial charge on any atom is -0.477 e. The van der Waals surface area contributed by atoms with Gasteiger partial charge in [0.15, 0.2) is 12.1 Å². The highest BCUT2D eigenvalue weighted by Crippen LogP contribution is 2.15. The van der Waals surface area contributed by atoms with Gasteiger partial charge in [-0.05, 0) is 89.9 Å². The van der Waals surface area contributed by atoms with Crippen molar-refractivity contribution in [1.29, 1.82) is 0 Å². The highest BCUT2D eigenvalue weighted by Gasteiger charge is 2.31. The molecular formula is C60H106NO7+. The smallest absolute Gasteiger partial charge is 0.362 e. The fourth-order valence-electron chi connectivity index (χ4n) is 7.99. The number of carbonyl (C=O) groups is 3. The number of aliphatic carboxylic acids is 1. The Morgan fingerprint density at radius 3 is 1.22 bits per heavy atom. The fraction of sp³-hybridized carbons (Fsp3) is 0.750. The molecule has 0 rings (SSSR count). The largest absolute Gasteiger partial charge is 0.477 e. The normalized spacial score (nSPS) is 13.4. The molecule has 8 heteroatoms. The molecule has 0 aliphatic heterocycles. The van der Waals surface area contributed by atoms with Crippen molar-refractivity contribution in [2.45, 2.75) is 251 Å². The molecule has 0 radical (unpaired) electrons. The maximum Gasteiger partial charge on any atom is 0.362 e. The molecule has 0 aromatic carbocycles. The third-order valence-electron chi connectivity index (χ3n) is 12.3. The number of hydrogen-bond donors (Lipinski definition) is 1. The van der Waals surface area contributed by atoms with Crippen molar-refractivity contribution in [1.82, 2.24) is 0 Å². The third kappa shape index (κ3) is 47.8. The molecule has 0 aromatic heterocycles. The number of quaternary nitrogens is 1. The van der Waals surface area contributed by atoms with Crippen LogP contribution in [0.15, 0.2) is 72.9 Å². The van der Waals surface area contributed by atoms with Crippen molar-refractivity contribution in [2.75, 3.05) is 41.0 Å². The summed E-state index contributed by atoms with van der Waals surface area (Å²) in [5, 5.41) is 9.67. The molecule has 0 bridgehead atoms. The van der Waals surface area contributed by atoms with E-state index >= 15 is 0 Å². The minimum atomic E-state index is -0.882. The van der Waals surface area contributed by atoms with Gasteiger partial charge in [0, 0.05) is 19.3 Å². The third-order valence-corrected chi connectivity index (χ3v) is 12.3. The Morgan fingerprint density at radius 2 is 0.779 bits per heavy atom. The first-order valence-electron chi connectivity index (χ1n) is 28.0. The zero-order valence-electron chi connectivity index (χ0n) is 44.8. The quantitative estimate of drug-likeness (QED) is 0.0281. The molecule has 0 fully saturated rings. The molecule has 0 aliphatic rings. The van der Waals surface area contributed by atoms with Gasteiger partial charge in [-0.3, -0.25) is 9.59 Å². The summed E-state index contributed by atoms with van der Waals surface area (Å²) in [6.07, 6.45) is 65.4. The van der Waals surface area contributed by atoms with Gasteiger partial charge in [-0.25, -0.2) is 4.79 Å². The number of likely N-dealkylation sites (N-methyl/N-ethyl adjacent to an activating group) is 1. The van der Waals surface area contributed by atoms with Gasteiger partial charge in [-0.1, -0.05) is 202 Å². The van der Waals surface area contributed by atoms with E-state index in [4.69, 9.17) is 14.2 Å². The van der Waals surface area contributed by atoms with Crippen LogP contribution in [0.2, 0.25) is 0 Å². The van der Waals surface area contributed by atoms with E-state index in [2.05, 4.69) is 86.8 Å². The van der Waals surface area contributed by atoms with E-state index in [1.807, 2.05) is 21.1 Å². The molecular weight excluding hydrogens is 847 g/mol. The summed E-state index contributed by atoms with van der Waals surface area (Å²) in [5.41, 5.74) is 0. The van der Waals surface area contributed by atoms with Gasteiger partial charge in [-0.15, -0.1) is 0 Å². The Hall–Kier alpha value is -3.23. The van der Waals surface area contributed by atoms with Crippen LogP contribution < -0.4 is 0 Å². The highest BCUT2D eigenvalue weighted by molar-refractivity contribution is 5.72. The first-order valence-corrected chi connectivity index (χ1v) is 28.0. The van der Waals surface area contributed by atoms with Crippen molar-refractivity contribution < 1.29 is 38.2 Å². The first kappa shape index (κ1) is 64.8. The maximum absolute atomic E-state index is 12.8. The molecule has 2 atom stereocenters. The molecule has 392 valence electrons. The Bertz CT molecular complexity index is 1340. The number of carboxylic acid groups (broad SMARTS) is 1. The van der Waals surface area contributed by atoms with Crippen LogP contribution in [-0.2, 0) is 28.6 Å². The molecule has 0 spiro atoms. The van der Waals surface area contributed by atoms with Crippen molar-refractivity contribution in [3.05, 3.63) is 72.9 Å². The van der Waals surface area contributed by atoms with E-state index in [-0.39, 0.29) is 36.2 Å². The Labute approximate surface area is 419 Å². The lowest BCUT2D eigenvalue weighted by Crippen LogP contribution is -2.50. The van der Waals surface area contributed by atoms with Crippen molar-refractivity contribution >= 4 is 17.9 Å². The number of esters is 2. The van der Waals surface area contributed by atoms with Crippen LogP contribution in [-0.4, -0.2) is 80.6 Å². The topological polar surface area (TPSA) is 99.1 Å². The van der Waals surface area contributed by atoms with Crippen molar-refractivity contribution in [2.24, 2.45) is 0 Å². The number of hydrogen-bond acceptors (Lipinski definition) is 6. The first-order chi connectivity index (χ1) is 33.1. The van der Waals surface area contributed by atoms with Crippen LogP contribution in [0.3, 0.4) is 0 Å². The van der Waals surface area contributed by atoms with Gasteiger partial charge in [-0.2, -0.15) is 0 Å². The van der Waals surface area contributed by atoms with Crippen LogP contribution >= 0.6 is 0 Å². The highest BCUT2D eigenvalue weighted by atomic mass is 16.6. The molecule has 0 aromatic rings. The Balaban J connectivity index is 4.28. The lowest BCUT2D eigenvalue weighted by molar-refractivity contribution is -0.887. The van der Waals surface area contributed by atoms with E-state index in [0.717, 1.165) is 57.8 Å². The van der Waals surface area contributed by atoms with E-state index < -0.39 is 18.1 Å². The number of unbranched alkanes of at least 4 members (excludes halogenated alkanes) is 24. The van der Waals surface area contributed by atoms with Crippen LogP contribution in [0, 0.1) is 0 Å². The summed E-state index contributed by atoms with van der Waals surface area (Å²) in [5.74, 6) is -1.52. The zero-order valence-corrected chi connectivity index (χ0v) is 44.8. The zero-order chi connectivity index (χ0) is 49.9. The molecule has 2 unspecified atom stereocenters.